The highest BCUT2D eigenvalue weighted by molar-refractivity contribution is 6.33. The van der Waals surface area contributed by atoms with E-state index in [4.69, 9.17) is 11.6 Å². The molecule has 2 aromatic carbocycles. The predicted molar refractivity (Wildman–Crippen MR) is 96.5 cm³/mol. The monoisotopic (exact) mass is 336 g/mol. The molecule has 0 aliphatic heterocycles. The Bertz CT molecular complexity index is 1070. The van der Waals surface area contributed by atoms with Crippen LogP contribution in [0.3, 0.4) is 0 Å². The van der Waals surface area contributed by atoms with Gasteiger partial charge in [-0.1, -0.05) is 48.0 Å². The first kappa shape index (κ1) is 14.6. The summed E-state index contributed by atoms with van der Waals surface area (Å²) in [7, 11) is 1.95. The second-order valence-electron chi connectivity index (χ2n) is 5.28. The second-order valence-corrected chi connectivity index (χ2v) is 5.68. The van der Waals surface area contributed by atoms with Gasteiger partial charge >= 0.3 is 0 Å². The van der Waals surface area contributed by atoms with Gasteiger partial charge in [0.25, 0.3) is 5.95 Å². The molecule has 118 valence electrons. The van der Waals surface area contributed by atoms with E-state index in [0.29, 0.717) is 11.0 Å². The predicted octanol–water partition coefficient (Wildman–Crippen LogP) is 3.62. The van der Waals surface area contributed by atoms with Gasteiger partial charge in [0.05, 0.1) is 11.7 Å². The summed E-state index contributed by atoms with van der Waals surface area (Å²) in [6.07, 6.45) is 1.62. The van der Waals surface area contributed by atoms with Gasteiger partial charge < -0.3 is 4.57 Å². The number of halogens is 1. The summed E-state index contributed by atoms with van der Waals surface area (Å²) in [6.45, 7) is 0. The molecule has 2 aromatic heterocycles. The Hall–Kier alpha value is -2.99. The van der Waals surface area contributed by atoms with Crippen LogP contribution in [-0.4, -0.2) is 26.0 Å². The van der Waals surface area contributed by atoms with Crippen LogP contribution in [0.2, 0.25) is 5.02 Å². The van der Waals surface area contributed by atoms with E-state index in [9.17, 15) is 0 Å². The molecule has 0 saturated heterocycles. The van der Waals surface area contributed by atoms with Crippen LogP contribution < -0.4 is 5.43 Å². The van der Waals surface area contributed by atoms with E-state index in [-0.39, 0.29) is 0 Å². The molecule has 4 aromatic rings. The first-order valence-electron chi connectivity index (χ1n) is 7.35. The average molecular weight is 337 g/mol. The Morgan fingerprint density at radius 1 is 1.08 bits per heavy atom. The minimum atomic E-state index is 0.330. The van der Waals surface area contributed by atoms with Crippen molar-refractivity contribution in [3.05, 3.63) is 59.1 Å². The minimum Gasteiger partial charge on any atom is -0.327 e. The quantitative estimate of drug-likeness (QED) is 0.458. The Labute approximate surface area is 142 Å². The molecule has 0 aliphatic carbocycles. The van der Waals surface area contributed by atoms with E-state index >= 15 is 0 Å². The lowest BCUT2D eigenvalue weighted by atomic mass is 10.2. The molecule has 1 N–H and O–H groups in total. The molecule has 0 atom stereocenters. The molecule has 0 spiro atoms. The van der Waals surface area contributed by atoms with Gasteiger partial charge in [-0.2, -0.15) is 10.1 Å². The standard InChI is InChI=1S/C17H13ClN6/c1-24-14-9-5-3-7-12(14)15-16(24)20-17(23-21-15)22-19-10-11-6-2-4-8-13(11)18/h2-10H,1H3,(H,20,22,23). The molecule has 0 aliphatic rings. The van der Waals surface area contributed by atoms with Crippen LogP contribution >= 0.6 is 11.6 Å². The van der Waals surface area contributed by atoms with Crippen LogP contribution in [0.15, 0.2) is 53.6 Å². The van der Waals surface area contributed by atoms with Gasteiger partial charge in [0.1, 0.15) is 5.52 Å². The molecule has 0 radical (unpaired) electrons. The topological polar surface area (TPSA) is 68.0 Å². The summed E-state index contributed by atoms with van der Waals surface area (Å²) in [5.74, 6) is 0.330. The minimum absolute atomic E-state index is 0.330. The fourth-order valence-corrected chi connectivity index (χ4v) is 2.78. The van der Waals surface area contributed by atoms with Crippen LogP contribution in [0, 0.1) is 0 Å². The largest absolute Gasteiger partial charge is 0.327 e. The van der Waals surface area contributed by atoms with Gasteiger partial charge in [-0.15, -0.1) is 10.2 Å². The second kappa shape index (κ2) is 5.90. The third-order valence-corrected chi connectivity index (χ3v) is 4.12. The number of nitrogens with zero attached hydrogens (tertiary/aromatic N) is 5. The highest BCUT2D eigenvalue weighted by atomic mass is 35.5. The average Bonchev–Trinajstić information content (AvgIpc) is 2.90. The van der Waals surface area contributed by atoms with E-state index in [0.717, 1.165) is 27.6 Å². The first-order chi connectivity index (χ1) is 11.7. The Morgan fingerprint density at radius 3 is 2.75 bits per heavy atom. The molecule has 7 heteroatoms. The SMILES string of the molecule is Cn1c2ccccc2c2nnc(NN=Cc3ccccc3Cl)nc21. The molecule has 24 heavy (non-hydrogen) atoms. The summed E-state index contributed by atoms with van der Waals surface area (Å²) < 4.78 is 1.99. The van der Waals surface area contributed by atoms with E-state index < -0.39 is 0 Å². The van der Waals surface area contributed by atoms with E-state index in [1.807, 2.05) is 60.1 Å². The highest BCUT2D eigenvalue weighted by Gasteiger charge is 2.11. The van der Waals surface area contributed by atoms with Gasteiger partial charge in [-0.05, 0) is 12.1 Å². The Morgan fingerprint density at radius 2 is 1.88 bits per heavy atom. The Kier molecular flexibility index (Phi) is 3.59. The summed E-state index contributed by atoms with van der Waals surface area (Å²) in [5.41, 5.74) is 6.19. The molecule has 4 rings (SSSR count). The maximum Gasteiger partial charge on any atom is 0.265 e. The van der Waals surface area contributed by atoms with Gasteiger partial charge in [0.15, 0.2) is 5.65 Å². The fraction of sp³-hybridized carbons (Fsp3) is 0.0588. The lowest BCUT2D eigenvalue weighted by Crippen LogP contribution is -2.00. The van der Waals surface area contributed by atoms with Crippen LogP contribution in [0.25, 0.3) is 22.1 Å². The maximum absolute atomic E-state index is 6.08. The molecule has 0 amide bonds. The van der Waals surface area contributed by atoms with Gasteiger partial charge in [-0.25, -0.2) is 5.43 Å². The van der Waals surface area contributed by atoms with Crippen molar-refractivity contribution >= 4 is 45.8 Å². The number of benzene rings is 2. The van der Waals surface area contributed by atoms with Gasteiger partial charge in [-0.3, -0.25) is 0 Å². The van der Waals surface area contributed by atoms with Crippen molar-refractivity contribution in [3.8, 4) is 0 Å². The van der Waals surface area contributed by atoms with Crippen molar-refractivity contribution in [1.82, 2.24) is 19.7 Å². The number of hydrogen-bond donors (Lipinski definition) is 1. The molecular weight excluding hydrogens is 324 g/mol. The van der Waals surface area contributed by atoms with Crippen molar-refractivity contribution in [2.45, 2.75) is 0 Å². The number of para-hydroxylation sites is 1. The molecule has 0 unspecified atom stereocenters. The Balaban J connectivity index is 1.67. The molecule has 0 fully saturated rings. The number of aryl methyl sites for hydroxylation is 1. The van der Waals surface area contributed by atoms with Crippen LogP contribution in [0.1, 0.15) is 5.56 Å². The zero-order valence-corrected chi connectivity index (χ0v) is 13.6. The third kappa shape index (κ3) is 2.47. The smallest absolute Gasteiger partial charge is 0.265 e. The normalized spacial score (nSPS) is 11.6. The lowest BCUT2D eigenvalue weighted by molar-refractivity contribution is 0.949. The number of nitrogens with one attached hydrogen (secondary N) is 1. The van der Waals surface area contributed by atoms with Crippen molar-refractivity contribution in [2.75, 3.05) is 5.43 Å². The summed E-state index contributed by atoms with van der Waals surface area (Å²) >= 11 is 6.08. The number of anilines is 1. The van der Waals surface area contributed by atoms with Crippen LogP contribution in [-0.2, 0) is 7.05 Å². The number of hydrogen-bond acceptors (Lipinski definition) is 5. The number of fused-ring (bicyclic) bond motifs is 3. The highest BCUT2D eigenvalue weighted by Crippen LogP contribution is 2.24. The number of rotatable bonds is 3. The molecular formula is C17H13ClN6. The zero-order valence-electron chi connectivity index (χ0n) is 12.8. The van der Waals surface area contributed by atoms with Crippen molar-refractivity contribution in [1.29, 1.82) is 0 Å². The van der Waals surface area contributed by atoms with E-state index in [2.05, 4.69) is 25.7 Å². The molecule has 6 nitrogen and oxygen atoms in total. The van der Waals surface area contributed by atoms with Crippen molar-refractivity contribution < 1.29 is 0 Å². The molecule has 0 bridgehead atoms. The molecule has 2 heterocycles. The fourth-order valence-electron chi connectivity index (χ4n) is 2.59. The van der Waals surface area contributed by atoms with E-state index in [1.54, 1.807) is 6.21 Å². The van der Waals surface area contributed by atoms with Crippen LogP contribution in [0.4, 0.5) is 5.95 Å². The van der Waals surface area contributed by atoms with Gasteiger partial charge in [0.2, 0.25) is 0 Å². The maximum atomic E-state index is 6.08. The third-order valence-electron chi connectivity index (χ3n) is 3.78. The summed E-state index contributed by atoms with van der Waals surface area (Å²) in [5, 5.41) is 14.2. The van der Waals surface area contributed by atoms with Crippen LogP contribution in [0.5, 0.6) is 0 Å². The van der Waals surface area contributed by atoms with E-state index in [1.165, 1.54) is 0 Å². The lowest BCUT2D eigenvalue weighted by Gasteiger charge is -2.00. The van der Waals surface area contributed by atoms with Crippen molar-refractivity contribution in [3.63, 3.8) is 0 Å². The first-order valence-corrected chi connectivity index (χ1v) is 7.73. The number of aromatic nitrogens is 4. The summed E-state index contributed by atoms with van der Waals surface area (Å²) in [6, 6.07) is 15.5. The van der Waals surface area contributed by atoms with Crippen molar-refractivity contribution in [2.24, 2.45) is 12.1 Å². The number of hydrazone groups is 1. The molecule has 0 saturated carbocycles. The van der Waals surface area contributed by atoms with Gasteiger partial charge in [0, 0.05) is 23.0 Å². The summed E-state index contributed by atoms with van der Waals surface area (Å²) in [4.78, 5) is 4.50. The zero-order chi connectivity index (χ0) is 16.5.